The summed E-state index contributed by atoms with van der Waals surface area (Å²) in [5, 5.41) is 3.80. The van der Waals surface area contributed by atoms with E-state index in [0.29, 0.717) is 23.0 Å². The fraction of sp³-hybridized carbons (Fsp3) is 0.238. The molecule has 0 saturated heterocycles. The quantitative estimate of drug-likeness (QED) is 0.785. The summed E-state index contributed by atoms with van der Waals surface area (Å²) in [6, 6.07) is 13.4. The minimum absolute atomic E-state index is 0.00279. The van der Waals surface area contributed by atoms with Crippen molar-refractivity contribution in [3.63, 3.8) is 0 Å². The van der Waals surface area contributed by atoms with Crippen LogP contribution in [0.1, 0.15) is 31.0 Å². The van der Waals surface area contributed by atoms with Crippen molar-refractivity contribution in [3.8, 4) is 5.75 Å². The standard InChI is InChI=1S/C21H21FN2O2S/c1-13-19(14(2)25)20(23-21(27)24(13)3)16-5-4-6-18(11-16)26-12-15-7-9-17(22)10-8-15/h4-11,20H,12H2,1-3H3,(H,23,27). The zero-order valence-corrected chi connectivity index (χ0v) is 16.3. The maximum atomic E-state index is 13.0. The van der Waals surface area contributed by atoms with Crippen molar-refractivity contribution >= 4 is 23.1 Å². The normalized spacial score (nSPS) is 17.0. The predicted molar refractivity (Wildman–Crippen MR) is 107 cm³/mol. The average Bonchev–Trinajstić information content (AvgIpc) is 2.65. The Morgan fingerprint density at radius 3 is 2.63 bits per heavy atom. The molecule has 4 nitrogen and oxygen atoms in total. The molecule has 0 spiro atoms. The zero-order chi connectivity index (χ0) is 19.6. The van der Waals surface area contributed by atoms with Gasteiger partial charge in [0.25, 0.3) is 0 Å². The first-order valence-electron chi connectivity index (χ1n) is 8.60. The summed E-state index contributed by atoms with van der Waals surface area (Å²) in [4.78, 5) is 14.0. The smallest absolute Gasteiger partial charge is 0.173 e. The van der Waals surface area contributed by atoms with Gasteiger partial charge in [-0.15, -0.1) is 0 Å². The lowest BCUT2D eigenvalue weighted by Crippen LogP contribution is -2.45. The van der Waals surface area contributed by atoms with Gasteiger partial charge >= 0.3 is 0 Å². The Bertz CT molecular complexity index is 909. The molecule has 6 heteroatoms. The van der Waals surface area contributed by atoms with E-state index >= 15 is 0 Å². The number of ether oxygens (including phenoxy) is 1. The van der Waals surface area contributed by atoms with Crippen molar-refractivity contribution in [2.24, 2.45) is 0 Å². The Hall–Kier alpha value is -2.73. The van der Waals surface area contributed by atoms with Crippen LogP contribution in [0.25, 0.3) is 0 Å². The van der Waals surface area contributed by atoms with Crippen molar-refractivity contribution in [1.29, 1.82) is 0 Å². The summed E-state index contributed by atoms with van der Waals surface area (Å²) < 4.78 is 18.8. The second-order valence-corrected chi connectivity index (χ2v) is 6.87. The number of nitrogens with one attached hydrogen (secondary N) is 1. The number of carbonyl (C=O) groups is 1. The lowest BCUT2D eigenvalue weighted by Gasteiger charge is -2.35. The van der Waals surface area contributed by atoms with Crippen LogP contribution in [0.15, 0.2) is 59.8 Å². The van der Waals surface area contributed by atoms with Gasteiger partial charge in [0, 0.05) is 18.3 Å². The Balaban J connectivity index is 1.84. The first-order valence-corrected chi connectivity index (χ1v) is 9.01. The topological polar surface area (TPSA) is 41.6 Å². The van der Waals surface area contributed by atoms with Gasteiger partial charge in [-0.05, 0) is 61.5 Å². The number of carbonyl (C=O) groups excluding carboxylic acids is 1. The van der Waals surface area contributed by atoms with Crippen LogP contribution in [0.3, 0.4) is 0 Å². The van der Waals surface area contributed by atoms with Crippen molar-refractivity contribution < 1.29 is 13.9 Å². The fourth-order valence-corrected chi connectivity index (χ4v) is 3.33. The van der Waals surface area contributed by atoms with Crippen LogP contribution < -0.4 is 10.1 Å². The summed E-state index contributed by atoms with van der Waals surface area (Å²) in [5.74, 6) is 0.394. The van der Waals surface area contributed by atoms with E-state index in [9.17, 15) is 9.18 Å². The summed E-state index contributed by atoms with van der Waals surface area (Å²) in [6.45, 7) is 3.79. The molecule has 0 bridgehead atoms. The van der Waals surface area contributed by atoms with Crippen molar-refractivity contribution in [1.82, 2.24) is 10.2 Å². The number of thiocarbonyl (C=S) groups is 1. The van der Waals surface area contributed by atoms with E-state index in [-0.39, 0.29) is 17.6 Å². The second kappa shape index (κ2) is 7.88. The fourth-order valence-electron chi connectivity index (χ4n) is 3.07. The molecule has 0 radical (unpaired) electrons. The second-order valence-electron chi connectivity index (χ2n) is 6.48. The van der Waals surface area contributed by atoms with E-state index in [2.05, 4.69) is 5.32 Å². The highest BCUT2D eigenvalue weighted by Crippen LogP contribution is 2.32. The Morgan fingerprint density at radius 1 is 1.26 bits per heavy atom. The number of nitrogens with zero attached hydrogens (tertiary/aromatic N) is 1. The molecule has 1 heterocycles. The van der Waals surface area contributed by atoms with Gasteiger partial charge in [-0.2, -0.15) is 0 Å². The van der Waals surface area contributed by atoms with Crippen LogP contribution in [0.2, 0.25) is 0 Å². The summed E-state index contributed by atoms with van der Waals surface area (Å²) in [6.07, 6.45) is 0. The Morgan fingerprint density at radius 2 is 1.96 bits per heavy atom. The third-order valence-corrected chi connectivity index (χ3v) is 5.04. The van der Waals surface area contributed by atoms with E-state index in [4.69, 9.17) is 17.0 Å². The van der Waals surface area contributed by atoms with Gasteiger partial charge < -0.3 is 15.0 Å². The summed E-state index contributed by atoms with van der Waals surface area (Å²) in [5.41, 5.74) is 3.29. The Labute approximate surface area is 163 Å². The van der Waals surface area contributed by atoms with Gasteiger partial charge in [-0.1, -0.05) is 24.3 Å². The van der Waals surface area contributed by atoms with E-state index < -0.39 is 0 Å². The molecular formula is C21H21FN2O2S. The molecule has 0 aliphatic carbocycles. The summed E-state index contributed by atoms with van der Waals surface area (Å²) in [7, 11) is 1.84. The highest BCUT2D eigenvalue weighted by Gasteiger charge is 2.30. The lowest BCUT2D eigenvalue weighted by atomic mass is 9.92. The van der Waals surface area contributed by atoms with Crippen LogP contribution in [-0.4, -0.2) is 22.8 Å². The molecule has 0 saturated carbocycles. The molecule has 0 amide bonds. The van der Waals surface area contributed by atoms with Gasteiger partial charge in [-0.25, -0.2) is 4.39 Å². The van der Waals surface area contributed by atoms with Crippen LogP contribution in [0.5, 0.6) is 5.75 Å². The average molecular weight is 384 g/mol. The van der Waals surface area contributed by atoms with Gasteiger partial charge in [0.15, 0.2) is 10.9 Å². The predicted octanol–water partition coefficient (Wildman–Crippen LogP) is 4.13. The third-order valence-electron chi connectivity index (χ3n) is 4.64. The molecule has 3 rings (SSSR count). The Kier molecular flexibility index (Phi) is 5.56. The van der Waals surface area contributed by atoms with Crippen LogP contribution >= 0.6 is 12.2 Å². The number of allylic oxidation sites excluding steroid dienone is 1. The van der Waals surface area contributed by atoms with Crippen molar-refractivity contribution in [2.75, 3.05) is 7.05 Å². The van der Waals surface area contributed by atoms with E-state index in [1.807, 2.05) is 38.2 Å². The molecule has 1 unspecified atom stereocenters. The van der Waals surface area contributed by atoms with Gasteiger partial charge in [0.05, 0.1) is 6.04 Å². The molecule has 140 valence electrons. The molecule has 2 aromatic rings. The number of halogens is 1. The van der Waals surface area contributed by atoms with Gasteiger partial charge in [-0.3, -0.25) is 4.79 Å². The number of Topliss-reactive ketones (excluding diaryl/α,β-unsaturated/α-hetero) is 1. The lowest BCUT2D eigenvalue weighted by molar-refractivity contribution is -0.114. The summed E-state index contributed by atoms with van der Waals surface area (Å²) >= 11 is 5.39. The molecular weight excluding hydrogens is 363 g/mol. The van der Waals surface area contributed by atoms with E-state index in [1.165, 1.54) is 12.1 Å². The molecule has 1 aliphatic heterocycles. The van der Waals surface area contributed by atoms with Crippen LogP contribution in [0, 0.1) is 5.82 Å². The minimum Gasteiger partial charge on any atom is -0.489 e. The maximum absolute atomic E-state index is 13.0. The SMILES string of the molecule is CC(=O)C1=C(C)N(C)C(=S)NC1c1cccc(OCc2ccc(F)cc2)c1. The number of rotatable bonds is 5. The monoisotopic (exact) mass is 384 g/mol. The largest absolute Gasteiger partial charge is 0.489 e. The van der Waals surface area contributed by atoms with Gasteiger partial charge in [0.1, 0.15) is 18.2 Å². The molecule has 1 atom stereocenters. The molecule has 2 aromatic carbocycles. The van der Waals surface area contributed by atoms with Crippen molar-refractivity contribution in [2.45, 2.75) is 26.5 Å². The minimum atomic E-state index is -0.319. The maximum Gasteiger partial charge on any atom is 0.173 e. The molecule has 27 heavy (non-hydrogen) atoms. The highest BCUT2D eigenvalue weighted by atomic mass is 32.1. The molecule has 0 fully saturated rings. The molecule has 1 N–H and O–H groups in total. The number of ketones is 1. The third kappa shape index (κ3) is 4.17. The number of benzene rings is 2. The first-order chi connectivity index (χ1) is 12.9. The van der Waals surface area contributed by atoms with Gasteiger partial charge in [0.2, 0.25) is 0 Å². The van der Waals surface area contributed by atoms with E-state index in [1.54, 1.807) is 24.0 Å². The van der Waals surface area contributed by atoms with E-state index in [0.717, 1.165) is 16.8 Å². The molecule has 1 aliphatic rings. The zero-order valence-electron chi connectivity index (χ0n) is 15.5. The van der Waals surface area contributed by atoms with Crippen LogP contribution in [-0.2, 0) is 11.4 Å². The van der Waals surface area contributed by atoms with Crippen LogP contribution in [0.4, 0.5) is 4.39 Å². The number of hydrogen-bond donors (Lipinski definition) is 1. The first kappa shape index (κ1) is 19.0. The highest BCUT2D eigenvalue weighted by molar-refractivity contribution is 7.80. The number of hydrogen-bond acceptors (Lipinski definition) is 3. The molecule has 0 aromatic heterocycles. The van der Waals surface area contributed by atoms with Crippen molar-refractivity contribution in [3.05, 3.63) is 76.7 Å².